The van der Waals surface area contributed by atoms with E-state index in [1.165, 1.54) is 11.3 Å². The molecule has 0 radical (unpaired) electrons. The lowest BCUT2D eigenvalue weighted by molar-refractivity contribution is -0.130. The maximum absolute atomic E-state index is 11.7. The minimum absolute atomic E-state index is 0.0460. The van der Waals surface area contributed by atoms with E-state index in [0.29, 0.717) is 23.8 Å². The Labute approximate surface area is 102 Å². The van der Waals surface area contributed by atoms with Gasteiger partial charge < -0.3 is 10.2 Å². The summed E-state index contributed by atoms with van der Waals surface area (Å²) in [6.45, 7) is 1.10. The van der Waals surface area contributed by atoms with Gasteiger partial charge >= 0.3 is 0 Å². The summed E-state index contributed by atoms with van der Waals surface area (Å²) in [5.41, 5.74) is 0. The van der Waals surface area contributed by atoms with Crippen molar-refractivity contribution < 1.29 is 9.59 Å². The number of hydrogen-bond donors (Lipinski definition) is 1. The van der Waals surface area contributed by atoms with E-state index in [9.17, 15) is 9.59 Å². The molecule has 2 amide bonds. The van der Waals surface area contributed by atoms with Gasteiger partial charge in [-0.3, -0.25) is 9.59 Å². The van der Waals surface area contributed by atoms with Crippen molar-refractivity contribution in [2.45, 2.75) is 13.0 Å². The van der Waals surface area contributed by atoms with Gasteiger partial charge in [0.05, 0.1) is 17.4 Å². The normalized spacial score (nSPS) is 17.2. The zero-order valence-electron chi connectivity index (χ0n) is 8.53. The average molecular weight is 259 g/mol. The molecule has 1 saturated heterocycles. The molecular formula is C10H11ClN2O2S. The molecule has 1 fully saturated rings. The molecule has 1 aromatic heterocycles. The Morgan fingerprint density at radius 3 is 2.94 bits per heavy atom. The van der Waals surface area contributed by atoms with E-state index >= 15 is 0 Å². The van der Waals surface area contributed by atoms with Gasteiger partial charge in [-0.1, -0.05) is 11.6 Å². The van der Waals surface area contributed by atoms with Crippen molar-refractivity contribution in [1.82, 2.24) is 10.2 Å². The van der Waals surface area contributed by atoms with Gasteiger partial charge in [0.15, 0.2) is 0 Å². The molecule has 16 heavy (non-hydrogen) atoms. The molecule has 0 aromatic carbocycles. The number of carbonyl (C=O) groups is 2. The Hall–Kier alpha value is -1.07. The van der Waals surface area contributed by atoms with Gasteiger partial charge in [0.2, 0.25) is 11.8 Å². The Morgan fingerprint density at radius 2 is 2.25 bits per heavy atom. The first-order valence-electron chi connectivity index (χ1n) is 4.94. The standard InChI is InChI=1S/C10H11ClN2O2S/c11-8-2-1-7(16-8)6-13-4-3-9(14)12-5-10(13)15/h1-2H,3-6H2,(H,12,14). The maximum atomic E-state index is 11.7. The van der Waals surface area contributed by atoms with Crippen molar-refractivity contribution in [3.63, 3.8) is 0 Å². The van der Waals surface area contributed by atoms with Gasteiger partial charge in [-0.25, -0.2) is 0 Å². The SMILES string of the molecule is O=C1CCN(Cc2ccc(Cl)s2)C(=O)CN1. The van der Waals surface area contributed by atoms with Gasteiger partial charge in [0, 0.05) is 17.8 Å². The molecule has 2 heterocycles. The average Bonchev–Trinajstić information content (AvgIpc) is 2.59. The fourth-order valence-corrected chi connectivity index (χ4v) is 2.63. The number of hydrogen-bond acceptors (Lipinski definition) is 3. The lowest BCUT2D eigenvalue weighted by Crippen LogP contribution is -2.34. The monoisotopic (exact) mass is 258 g/mol. The van der Waals surface area contributed by atoms with Crippen LogP contribution in [-0.2, 0) is 16.1 Å². The molecular weight excluding hydrogens is 248 g/mol. The molecule has 1 aliphatic rings. The van der Waals surface area contributed by atoms with E-state index in [2.05, 4.69) is 5.32 Å². The molecule has 86 valence electrons. The third-order valence-corrected chi connectivity index (χ3v) is 3.59. The summed E-state index contributed by atoms with van der Waals surface area (Å²) in [6, 6.07) is 3.72. The molecule has 2 rings (SSSR count). The van der Waals surface area contributed by atoms with Crippen LogP contribution in [0.4, 0.5) is 0 Å². The fraction of sp³-hybridized carbons (Fsp3) is 0.400. The Balaban J connectivity index is 2.02. The van der Waals surface area contributed by atoms with Crippen LogP contribution in [0.1, 0.15) is 11.3 Å². The largest absolute Gasteiger partial charge is 0.347 e. The van der Waals surface area contributed by atoms with Crippen LogP contribution in [0.3, 0.4) is 0 Å². The third-order valence-electron chi connectivity index (χ3n) is 2.37. The lowest BCUT2D eigenvalue weighted by atomic mass is 10.3. The second kappa shape index (κ2) is 4.84. The number of carbonyl (C=O) groups excluding carboxylic acids is 2. The van der Waals surface area contributed by atoms with Crippen LogP contribution in [0.25, 0.3) is 0 Å². The zero-order chi connectivity index (χ0) is 11.5. The Bertz CT molecular complexity index is 419. The highest BCUT2D eigenvalue weighted by Gasteiger charge is 2.20. The Morgan fingerprint density at radius 1 is 1.44 bits per heavy atom. The quantitative estimate of drug-likeness (QED) is 0.868. The molecule has 0 bridgehead atoms. The molecule has 1 aliphatic heterocycles. The molecule has 0 unspecified atom stereocenters. The number of nitrogens with one attached hydrogen (secondary N) is 1. The van der Waals surface area contributed by atoms with Gasteiger partial charge in [-0.2, -0.15) is 0 Å². The first-order valence-corrected chi connectivity index (χ1v) is 6.13. The van der Waals surface area contributed by atoms with E-state index in [-0.39, 0.29) is 18.4 Å². The number of thiophene rings is 1. The molecule has 4 nitrogen and oxygen atoms in total. The van der Waals surface area contributed by atoms with Crippen molar-refractivity contribution in [1.29, 1.82) is 0 Å². The van der Waals surface area contributed by atoms with E-state index in [4.69, 9.17) is 11.6 Å². The molecule has 6 heteroatoms. The molecule has 0 spiro atoms. The van der Waals surface area contributed by atoms with Crippen LogP contribution in [0, 0.1) is 0 Å². The van der Waals surface area contributed by atoms with Gasteiger partial charge in [0.1, 0.15) is 0 Å². The fourth-order valence-electron chi connectivity index (χ4n) is 1.53. The number of amides is 2. The highest BCUT2D eigenvalue weighted by atomic mass is 35.5. The van der Waals surface area contributed by atoms with Crippen LogP contribution >= 0.6 is 22.9 Å². The molecule has 0 saturated carbocycles. The van der Waals surface area contributed by atoms with Crippen molar-refractivity contribution in [3.8, 4) is 0 Å². The minimum atomic E-state index is -0.0694. The highest BCUT2D eigenvalue weighted by molar-refractivity contribution is 7.16. The van der Waals surface area contributed by atoms with E-state index in [1.807, 2.05) is 12.1 Å². The minimum Gasteiger partial charge on any atom is -0.347 e. The summed E-state index contributed by atoms with van der Waals surface area (Å²) in [5, 5.41) is 2.56. The van der Waals surface area contributed by atoms with E-state index in [0.717, 1.165) is 4.88 Å². The summed E-state index contributed by atoms with van der Waals surface area (Å²) < 4.78 is 0.714. The van der Waals surface area contributed by atoms with Gasteiger partial charge in [-0.05, 0) is 12.1 Å². The summed E-state index contributed by atoms with van der Waals surface area (Å²) in [6.07, 6.45) is 0.366. The first-order chi connectivity index (χ1) is 7.65. The Kier molecular flexibility index (Phi) is 3.46. The number of rotatable bonds is 2. The van der Waals surface area contributed by atoms with Crippen LogP contribution in [0.15, 0.2) is 12.1 Å². The lowest BCUT2D eigenvalue weighted by Gasteiger charge is -2.18. The first kappa shape index (κ1) is 11.4. The summed E-state index contributed by atoms with van der Waals surface area (Å²) in [7, 11) is 0. The zero-order valence-corrected chi connectivity index (χ0v) is 10.1. The van der Waals surface area contributed by atoms with Crippen LogP contribution in [0.5, 0.6) is 0 Å². The molecule has 1 aromatic rings. The second-order valence-electron chi connectivity index (χ2n) is 3.55. The third kappa shape index (κ3) is 2.74. The molecule has 0 atom stereocenters. The van der Waals surface area contributed by atoms with Gasteiger partial charge in [-0.15, -0.1) is 11.3 Å². The van der Waals surface area contributed by atoms with E-state index < -0.39 is 0 Å². The van der Waals surface area contributed by atoms with Crippen molar-refractivity contribution >= 4 is 34.8 Å². The summed E-state index contributed by atoms with van der Waals surface area (Å²) in [4.78, 5) is 25.5. The van der Waals surface area contributed by atoms with Crippen molar-refractivity contribution in [2.75, 3.05) is 13.1 Å². The van der Waals surface area contributed by atoms with Crippen LogP contribution in [-0.4, -0.2) is 29.8 Å². The summed E-state index contributed by atoms with van der Waals surface area (Å²) in [5.74, 6) is -0.115. The van der Waals surface area contributed by atoms with Crippen LogP contribution < -0.4 is 5.32 Å². The molecule has 0 aliphatic carbocycles. The van der Waals surface area contributed by atoms with Crippen LogP contribution in [0.2, 0.25) is 4.34 Å². The van der Waals surface area contributed by atoms with Crippen molar-refractivity contribution in [3.05, 3.63) is 21.3 Å². The van der Waals surface area contributed by atoms with E-state index in [1.54, 1.807) is 4.90 Å². The summed E-state index contributed by atoms with van der Waals surface area (Å²) >= 11 is 7.28. The van der Waals surface area contributed by atoms with Crippen molar-refractivity contribution in [2.24, 2.45) is 0 Å². The predicted octanol–water partition coefficient (Wildman–Crippen LogP) is 1.25. The second-order valence-corrected chi connectivity index (χ2v) is 5.35. The highest BCUT2D eigenvalue weighted by Crippen LogP contribution is 2.22. The molecule has 1 N–H and O–H groups in total. The topological polar surface area (TPSA) is 49.4 Å². The number of halogens is 1. The maximum Gasteiger partial charge on any atom is 0.242 e. The van der Waals surface area contributed by atoms with Gasteiger partial charge in [0.25, 0.3) is 0 Å². The smallest absolute Gasteiger partial charge is 0.242 e. The number of nitrogens with zero attached hydrogens (tertiary/aromatic N) is 1. The predicted molar refractivity (Wildman–Crippen MR) is 62.4 cm³/mol.